The number of fused-ring (bicyclic) bond motifs is 1. The van der Waals surface area contributed by atoms with E-state index < -0.39 is 0 Å². The molecule has 4 rings (SSSR count). The highest BCUT2D eigenvalue weighted by atomic mass is 35.5. The molecule has 1 atom stereocenters. The fourth-order valence-electron chi connectivity index (χ4n) is 3.95. The van der Waals surface area contributed by atoms with Gasteiger partial charge < -0.3 is 15.0 Å². The van der Waals surface area contributed by atoms with Crippen LogP contribution in [-0.2, 0) is 19.6 Å². The van der Waals surface area contributed by atoms with E-state index in [0.29, 0.717) is 24.5 Å². The van der Waals surface area contributed by atoms with Gasteiger partial charge in [0.15, 0.2) is 0 Å². The van der Waals surface area contributed by atoms with E-state index >= 15 is 0 Å². The molecule has 0 aliphatic carbocycles. The Morgan fingerprint density at radius 3 is 2.97 bits per heavy atom. The van der Waals surface area contributed by atoms with E-state index in [0.717, 1.165) is 54.6 Å². The van der Waals surface area contributed by atoms with Crippen molar-refractivity contribution in [2.24, 2.45) is 0 Å². The van der Waals surface area contributed by atoms with Crippen LogP contribution in [0.1, 0.15) is 23.2 Å². The molecule has 0 unspecified atom stereocenters. The van der Waals surface area contributed by atoms with Gasteiger partial charge in [-0.1, -0.05) is 11.6 Å². The Labute approximate surface area is 180 Å². The van der Waals surface area contributed by atoms with Crippen molar-refractivity contribution >= 4 is 29.0 Å². The molecule has 7 nitrogen and oxygen atoms in total. The molecule has 2 aliphatic rings. The summed E-state index contributed by atoms with van der Waals surface area (Å²) in [5.74, 6) is 1.66. The highest BCUT2D eigenvalue weighted by Crippen LogP contribution is 2.33. The molecule has 0 spiro atoms. The molecule has 0 saturated carbocycles. The fraction of sp³-hybridized carbons (Fsp3) is 0.450. The number of benzene rings is 1. The average Bonchev–Trinajstić information content (AvgIpc) is 3.11. The van der Waals surface area contributed by atoms with Crippen molar-refractivity contribution in [3.63, 3.8) is 0 Å². The van der Waals surface area contributed by atoms with E-state index in [1.807, 2.05) is 18.2 Å². The minimum absolute atomic E-state index is 0.131. The Hall–Kier alpha value is -2.11. The number of anilines is 1. The monoisotopic (exact) mass is 432 g/mol. The Bertz CT molecular complexity index is 947. The van der Waals surface area contributed by atoms with Gasteiger partial charge in [0.1, 0.15) is 11.6 Å². The summed E-state index contributed by atoms with van der Waals surface area (Å²) >= 11 is 12.6. The molecule has 1 aromatic carbocycles. The Morgan fingerprint density at radius 2 is 2.17 bits per heavy atom. The van der Waals surface area contributed by atoms with Crippen LogP contribution in [0.15, 0.2) is 18.2 Å². The zero-order valence-electron chi connectivity index (χ0n) is 16.2. The van der Waals surface area contributed by atoms with E-state index in [-0.39, 0.29) is 11.3 Å². The lowest BCUT2D eigenvalue weighted by molar-refractivity contribution is 0.273. The molecule has 1 aromatic heterocycles. The number of rotatable bonds is 5. The fourth-order valence-corrected chi connectivity index (χ4v) is 4.31. The zero-order chi connectivity index (χ0) is 20.4. The van der Waals surface area contributed by atoms with Gasteiger partial charge in [0.2, 0.25) is 5.28 Å². The summed E-state index contributed by atoms with van der Waals surface area (Å²) < 4.78 is 5.33. The second-order valence-corrected chi connectivity index (χ2v) is 8.05. The van der Waals surface area contributed by atoms with Gasteiger partial charge in [0, 0.05) is 55.9 Å². The third-order valence-electron chi connectivity index (χ3n) is 5.34. The van der Waals surface area contributed by atoms with Crippen LogP contribution < -0.4 is 15.0 Å². The van der Waals surface area contributed by atoms with Crippen LogP contribution >= 0.6 is 23.2 Å². The van der Waals surface area contributed by atoms with E-state index in [2.05, 4.69) is 31.2 Å². The quantitative estimate of drug-likeness (QED) is 0.727. The van der Waals surface area contributed by atoms with Crippen LogP contribution in [0.4, 0.5) is 5.82 Å². The lowest BCUT2D eigenvalue weighted by Crippen LogP contribution is -2.51. The lowest BCUT2D eigenvalue weighted by atomic mass is 10.1. The number of ether oxygens (including phenoxy) is 1. The van der Waals surface area contributed by atoms with Gasteiger partial charge in [-0.05, 0) is 35.4 Å². The summed E-state index contributed by atoms with van der Waals surface area (Å²) in [5, 5.41) is 13.4. The molecule has 9 heteroatoms. The molecule has 1 fully saturated rings. The summed E-state index contributed by atoms with van der Waals surface area (Å²) in [6.07, 6.45) is 0.470. The van der Waals surface area contributed by atoms with Gasteiger partial charge in [0.25, 0.3) is 0 Å². The number of methoxy groups -OCH3 is 1. The Morgan fingerprint density at radius 1 is 1.31 bits per heavy atom. The number of nitrogens with one attached hydrogen (secondary N) is 1. The first-order valence-electron chi connectivity index (χ1n) is 9.52. The van der Waals surface area contributed by atoms with E-state index in [9.17, 15) is 0 Å². The normalized spacial score (nSPS) is 19.1. The van der Waals surface area contributed by atoms with Crippen LogP contribution in [0.2, 0.25) is 10.3 Å². The molecule has 152 valence electrons. The summed E-state index contributed by atoms with van der Waals surface area (Å²) in [7, 11) is 1.65. The summed E-state index contributed by atoms with van der Waals surface area (Å²) in [4.78, 5) is 13.5. The zero-order valence-corrected chi connectivity index (χ0v) is 17.7. The van der Waals surface area contributed by atoms with E-state index in [1.165, 1.54) is 0 Å². The van der Waals surface area contributed by atoms with Crippen LogP contribution in [0.5, 0.6) is 5.75 Å². The van der Waals surface area contributed by atoms with Crippen molar-refractivity contribution in [2.75, 3.05) is 31.6 Å². The smallest absolute Gasteiger partial charge is 0.224 e. The minimum Gasteiger partial charge on any atom is -0.497 e. The van der Waals surface area contributed by atoms with Crippen LogP contribution in [0.25, 0.3) is 0 Å². The molecular weight excluding hydrogens is 411 g/mol. The maximum Gasteiger partial charge on any atom is 0.224 e. The first kappa shape index (κ1) is 20.2. The van der Waals surface area contributed by atoms with Crippen molar-refractivity contribution in [1.29, 1.82) is 5.26 Å². The molecule has 0 bridgehead atoms. The van der Waals surface area contributed by atoms with E-state index in [4.69, 9.17) is 33.2 Å². The summed E-state index contributed by atoms with van der Waals surface area (Å²) in [5.41, 5.74) is 3.07. The Kier molecular flexibility index (Phi) is 6.07. The number of nitrogens with zero attached hydrogens (tertiary/aromatic N) is 5. The highest BCUT2D eigenvalue weighted by molar-refractivity contribution is 6.31. The predicted octanol–water partition coefficient (Wildman–Crippen LogP) is 3.00. The van der Waals surface area contributed by atoms with Crippen LogP contribution in [0, 0.1) is 11.3 Å². The van der Waals surface area contributed by atoms with Crippen molar-refractivity contribution in [1.82, 2.24) is 20.2 Å². The van der Waals surface area contributed by atoms with Crippen molar-refractivity contribution in [2.45, 2.75) is 32.1 Å². The number of piperazine rings is 1. The molecule has 2 aliphatic heterocycles. The number of aromatic nitrogens is 2. The van der Waals surface area contributed by atoms with E-state index in [1.54, 1.807) is 7.11 Å². The van der Waals surface area contributed by atoms with Crippen molar-refractivity contribution in [3.8, 4) is 11.8 Å². The number of nitriles is 1. The topological polar surface area (TPSA) is 77.3 Å². The number of halogens is 2. The summed E-state index contributed by atoms with van der Waals surface area (Å²) in [6.45, 7) is 4.46. The third kappa shape index (κ3) is 4.41. The summed E-state index contributed by atoms with van der Waals surface area (Å²) in [6, 6.07) is 8.06. The Balaban J connectivity index is 1.55. The molecule has 2 aromatic rings. The van der Waals surface area contributed by atoms with Crippen LogP contribution in [0.3, 0.4) is 0 Å². The third-order valence-corrected chi connectivity index (χ3v) is 5.88. The van der Waals surface area contributed by atoms with Gasteiger partial charge in [-0.25, -0.2) is 9.97 Å². The molecule has 1 saturated heterocycles. The molecule has 0 radical (unpaired) electrons. The van der Waals surface area contributed by atoms with Gasteiger partial charge in [0.05, 0.1) is 25.3 Å². The maximum atomic E-state index is 9.03. The first-order valence-corrected chi connectivity index (χ1v) is 10.3. The SMILES string of the molecule is COc1ccc(Cl)c(CN2Cc3nc(Cl)nc(N4CCN[C@@H](CC#N)C4)c3C2)c1. The largest absolute Gasteiger partial charge is 0.497 e. The minimum atomic E-state index is 0.131. The van der Waals surface area contributed by atoms with Crippen LogP contribution in [-0.4, -0.2) is 47.7 Å². The van der Waals surface area contributed by atoms with Crippen molar-refractivity contribution < 1.29 is 4.74 Å². The first-order chi connectivity index (χ1) is 14.1. The van der Waals surface area contributed by atoms with Gasteiger partial charge in [-0.15, -0.1) is 0 Å². The molecule has 0 amide bonds. The van der Waals surface area contributed by atoms with Gasteiger partial charge >= 0.3 is 0 Å². The average molecular weight is 433 g/mol. The maximum absolute atomic E-state index is 9.03. The van der Waals surface area contributed by atoms with Gasteiger partial charge in [-0.3, -0.25) is 4.90 Å². The second-order valence-electron chi connectivity index (χ2n) is 7.30. The van der Waals surface area contributed by atoms with Gasteiger partial charge in [-0.2, -0.15) is 5.26 Å². The standard InChI is InChI=1S/C20H22Cl2N6O/c1-29-15-2-3-17(21)13(8-15)9-27-11-16-18(12-27)25-20(22)26-19(16)28-7-6-24-14(10-28)4-5-23/h2-3,8,14,24H,4,6-7,9-12H2,1H3/t14-/m0/s1. The molecule has 29 heavy (non-hydrogen) atoms. The lowest BCUT2D eigenvalue weighted by Gasteiger charge is -2.34. The number of hydrogen-bond donors (Lipinski definition) is 1. The second kappa shape index (κ2) is 8.72. The molecule has 1 N–H and O–H groups in total. The van der Waals surface area contributed by atoms with Crippen molar-refractivity contribution in [3.05, 3.63) is 45.3 Å². The molecular formula is C20H22Cl2N6O. The highest BCUT2D eigenvalue weighted by Gasteiger charge is 2.30. The molecule has 3 heterocycles. The predicted molar refractivity (Wildman–Crippen MR) is 112 cm³/mol. The number of hydrogen-bond acceptors (Lipinski definition) is 7.